The van der Waals surface area contributed by atoms with E-state index >= 15 is 0 Å². The fourth-order valence-corrected chi connectivity index (χ4v) is 7.35. The molecule has 0 amide bonds. The van der Waals surface area contributed by atoms with Crippen LogP contribution in [-0.4, -0.2) is 29.2 Å². The third-order valence-corrected chi connectivity index (χ3v) is 9.91. The van der Waals surface area contributed by atoms with Crippen LogP contribution < -0.4 is 0 Å². The van der Waals surface area contributed by atoms with Crippen molar-refractivity contribution in [2.24, 2.45) is 11.3 Å². The smallest absolute Gasteiger partial charge is 0.302 e. The summed E-state index contributed by atoms with van der Waals surface area (Å²) in [6.45, 7) is 18.1. The van der Waals surface area contributed by atoms with E-state index in [1.54, 1.807) is 7.11 Å². The molecule has 0 aliphatic heterocycles. The number of nitrogens with zero attached hydrogens (tertiary/aromatic N) is 2. The molecular formula is C38H53BrN2O3. The van der Waals surface area contributed by atoms with E-state index in [-0.39, 0.29) is 17.5 Å². The molecule has 3 atom stereocenters. The Morgan fingerprint density at radius 1 is 1.18 bits per heavy atom. The van der Waals surface area contributed by atoms with Gasteiger partial charge in [-0.25, -0.2) is 0 Å². The highest BCUT2D eigenvalue weighted by atomic mass is 79.9. The molecule has 1 aliphatic rings. The number of rotatable bonds is 9. The van der Waals surface area contributed by atoms with Gasteiger partial charge in [0.05, 0.1) is 24.1 Å². The normalized spacial score (nSPS) is 19.5. The second kappa shape index (κ2) is 15.2. The highest BCUT2D eigenvalue weighted by Crippen LogP contribution is 2.43. The number of allylic oxidation sites excluding steroid dienone is 1. The summed E-state index contributed by atoms with van der Waals surface area (Å²) in [5, 5.41) is 1.22. The number of aromatic nitrogens is 2. The van der Waals surface area contributed by atoms with Gasteiger partial charge in [-0.2, -0.15) is 0 Å². The Bertz CT molecular complexity index is 1460. The van der Waals surface area contributed by atoms with Crippen LogP contribution in [0.2, 0.25) is 0 Å². The molecule has 1 aromatic carbocycles. The number of hydrogen-bond donors (Lipinski definition) is 0. The van der Waals surface area contributed by atoms with E-state index < -0.39 is 0 Å². The van der Waals surface area contributed by atoms with Crippen LogP contribution in [0.15, 0.2) is 47.1 Å². The van der Waals surface area contributed by atoms with Gasteiger partial charge in [0.25, 0.3) is 0 Å². The van der Waals surface area contributed by atoms with Crippen molar-refractivity contribution in [3.05, 3.63) is 63.9 Å². The van der Waals surface area contributed by atoms with Crippen molar-refractivity contribution in [2.45, 2.75) is 118 Å². The predicted octanol–water partition coefficient (Wildman–Crippen LogP) is 10.7. The number of methoxy groups -OCH3 is 1. The number of benzene rings is 1. The summed E-state index contributed by atoms with van der Waals surface area (Å²) in [4.78, 5) is 16.9. The molecule has 240 valence electrons. The number of aryl methyl sites for hydroxylation is 1. The molecule has 1 fully saturated rings. The van der Waals surface area contributed by atoms with Gasteiger partial charge in [0, 0.05) is 53.1 Å². The minimum absolute atomic E-state index is 0.159. The molecule has 0 saturated heterocycles. The lowest BCUT2D eigenvalue weighted by Gasteiger charge is -2.26. The van der Waals surface area contributed by atoms with Crippen LogP contribution in [-0.2, 0) is 27.2 Å². The zero-order valence-electron chi connectivity index (χ0n) is 28.1. The number of hydrogen-bond acceptors (Lipinski definition) is 4. The van der Waals surface area contributed by atoms with E-state index in [1.807, 2.05) is 0 Å². The fourth-order valence-electron chi connectivity index (χ4n) is 6.99. The number of ether oxygens (including phenoxy) is 2. The highest BCUT2D eigenvalue weighted by molar-refractivity contribution is 9.10. The first kappa shape index (κ1) is 34.4. The predicted molar refractivity (Wildman–Crippen MR) is 186 cm³/mol. The van der Waals surface area contributed by atoms with Gasteiger partial charge in [0.15, 0.2) is 0 Å². The summed E-state index contributed by atoms with van der Waals surface area (Å²) in [5.41, 5.74) is 8.27. The molecule has 0 radical (unpaired) electrons. The monoisotopic (exact) mass is 664 g/mol. The van der Waals surface area contributed by atoms with E-state index in [9.17, 15) is 4.79 Å². The van der Waals surface area contributed by atoms with Gasteiger partial charge in [-0.1, -0.05) is 61.7 Å². The van der Waals surface area contributed by atoms with Gasteiger partial charge in [0.2, 0.25) is 0 Å². The molecule has 4 rings (SSSR count). The van der Waals surface area contributed by atoms with Crippen LogP contribution in [0.1, 0.15) is 122 Å². The van der Waals surface area contributed by atoms with E-state index in [1.165, 1.54) is 85.2 Å². The van der Waals surface area contributed by atoms with Gasteiger partial charge in [-0.15, -0.1) is 0 Å². The van der Waals surface area contributed by atoms with Crippen molar-refractivity contribution >= 4 is 32.8 Å². The summed E-state index contributed by atoms with van der Waals surface area (Å²) in [5.74, 6) is 0.876. The fraction of sp³-hybridized carbons (Fsp3) is 0.579. The van der Waals surface area contributed by atoms with Crippen LogP contribution in [0.3, 0.4) is 0 Å². The number of carbonyl (C=O) groups excluding carboxylic acids is 1. The van der Waals surface area contributed by atoms with Crippen LogP contribution in [0.4, 0.5) is 0 Å². The molecule has 0 spiro atoms. The van der Waals surface area contributed by atoms with Crippen molar-refractivity contribution in [1.29, 1.82) is 0 Å². The molecule has 5 nitrogen and oxygen atoms in total. The van der Waals surface area contributed by atoms with Gasteiger partial charge in [0.1, 0.15) is 0 Å². The minimum atomic E-state index is -0.262. The quantitative estimate of drug-likeness (QED) is 0.169. The topological polar surface area (TPSA) is 53.4 Å². The second-order valence-corrected chi connectivity index (χ2v) is 14.8. The summed E-state index contributed by atoms with van der Waals surface area (Å²) in [7, 11) is 1.76. The third kappa shape index (κ3) is 8.42. The number of pyridine rings is 1. The highest BCUT2D eigenvalue weighted by Gasteiger charge is 2.30. The van der Waals surface area contributed by atoms with Crippen molar-refractivity contribution in [2.75, 3.05) is 13.7 Å². The van der Waals surface area contributed by atoms with Gasteiger partial charge >= 0.3 is 5.97 Å². The molecule has 3 aromatic rings. The molecule has 44 heavy (non-hydrogen) atoms. The maximum absolute atomic E-state index is 11.8. The van der Waals surface area contributed by atoms with Crippen LogP contribution in [0.5, 0.6) is 0 Å². The summed E-state index contributed by atoms with van der Waals surface area (Å²) in [6, 6.07) is 9.01. The molecule has 1 aliphatic carbocycles. The Morgan fingerprint density at radius 2 is 1.93 bits per heavy atom. The molecule has 0 bridgehead atoms. The van der Waals surface area contributed by atoms with Crippen LogP contribution in [0, 0.1) is 11.3 Å². The average Bonchev–Trinajstić information content (AvgIpc) is 3.26. The first-order valence-corrected chi connectivity index (χ1v) is 17.4. The molecule has 2 aromatic heterocycles. The Hall–Kier alpha value is -2.44. The lowest BCUT2D eigenvalue weighted by atomic mass is 9.82. The van der Waals surface area contributed by atoms with E-state index in [0.29, 0.717) is 18.4 Å². The van der Waals surface area contributed by atoms with Crippen molar-refractivity contribution in [1.82, 2.24) is 9.55 Å². The molecule has 1 unspecified atom stereocenters. The number of halogens is 1. The Labute approximate surface area is 273 Å². The number of fused-ring (bicyclic) bond motifs is 1. The van der Waals surface area contributed by atoms with Gasteiger partial charge < -0.3 is 14.0 Å². The van der Waals surface area contributed by atoms with Crippen molar-refractivity contribution in [3.63, 3.8) is 0 Å². The van der Waals surface area contributed by atoms with Gasteiger partial charge in [-0.3, -0.25) is 9.78 Å². The zero-order chi connectivity index (χ0) is 32.0. The maximum Gasteiger partial charge on any atom is 0.302 e. The average molecular weight is 666 g/mol. The van der Waals surface area contributed by atoms with E-state index in [0.717, 1.165) is 35.1 Å². The second-order valence-electron chi connectivity index (χ2n) is 13.9. The molecule has 6 heteroatoms. The zero-order valence-corrected chi connectivity index (χ0v) is 29.7. The minimum Gasteiger partial charge on any atom is -0.465 e. The molecule has 1 saturated carbocycles. The standard InChI is InChI=1S/C38H53BrN2O3/c1-9-41-35-18-17-31(39)21-32(35)34(22-38(6,7)24-44-28(5)42)37(41)33-20-30(23-40-36(33)27(4)43-8)29-16-11-10-13-25(2)14-12-15-26(3)19-29/h17-18,20-21,23,26-27,29H,2,9-16,19,22,24H2,1,3-8H3/t26-,27+,29?/m1/s1. The largest absolute Gasteiger partial charge is 0.465 e. The third-order valence-electron chi connectivity index (χ3n) is 9.42. The molecule has 0 N–H and O–H groups in total. The molecule has 2 heterocycles. The summed E-state index contributed by atoms with van der Waals surface area (Å²) < 4.78 is 15.0. The Balaban J connectivity index is 1.91. The summed E-state index contributed by atoms with van der Waals surface area (Å²) in [6.07, 6.45) is 12.3. The number of esters is 1. The first-order chi connectivity index (χ1) is 20.9. The Kier molecular flexibility index (Phi) is 11.9. The lowest BCUT2D eigenvalue weighted by molar-refractivity contribution is -0.143. The lowest BCUT2D eigenvalue weighted by Crippen LogP contribution is -2.24. The van der Waals surface area contributed by atoms with Crippen molar-refractivity contribution in [3.8, 4) is 11.3 Å². The van der Waals surface area contributed by atoms with Gasteiger partial charge in [-0.05, 0) is 106 Å². The SMILES string of the molecule is C=C1CCCCC(c2cnc([C@H](C)OC)c(-c3c(CC(C)(C)COC(C)=O)c4cc(Br)ccc4n3CC)c2)C[C@H](C)CCC1. The summed E-state index contributed by atoms with van der Waals surface area (Å²) >= 11 is 3.74. The van der Waals surface area contributed by atoms with Crippen LogP contribution >= 0.6 is 15.9 Å². The van der Waals surface area contributed by atoms with E-state index in [2.05, 4.69) is 92.2 Å². The Morgan fingerprint density at radius 3 is 2.64 bits per heavy atom. The van der Waals surface area contributed by atoms with Crippen molar-refractivity contribution < 1.29 is 14.3 Å². The van der Waals surface area contributed by atoms with E-state index in [4.69, 9.17) is 14.5 Å². The van der Waals surface area contributed by atoms with Crippen LogP contribution in [0.25, 0.3) is 22.2 Å². The first-order valence-electron chi connectivity index (χ1n) is 16.6. The molecular weight excluding hydrogens is 612 g/mol. The maximum atomic E-state index is 11.8. The number of carbonyl (C=O) groups is 1.